The number of nitrogens with zero attached hydrogens (tertiary/aromatic N) is 2. The maximum atomic E-state index is 5.73. The van der Waals surface area contributed by atoms with Crippen LogP contribution in [-0.2, 0) is 16.0 Å². The number of ether oxygens (including phenoxy) is 2. The Morgan fingerprint density at radius 3 is 2.63 bits per heavy atom. The zero-order valence-electron chi connectivity index (χ0n) is 12.3. The molecule has 0 radical (unpaired) electrons. The lowest BCUT2D eigenvalue weighted by Crippen LogP contribution is -2.39. The molecule has 1 unspecified atom stereocenters. The van der Waals surface area contributed by atoms with Gasteiger partial charge in [0.15, 0.2) is 0 Å². The van der Waals surface area contributed by atoms with Crippen LogP contribution < -0.4 is 10.6 Å². The SMILES string of the molecule is COCCN(c1cc(CN)cc(C)n1)C(C)COC. The minimum Gasteiger partial charge on any atom is -0.383 e. The molecule has 5 heteroatoms. The largest absolute Gasteiger partial charge is 0.383 e. The summed E-state index contributed by atoms with van der Waals surface area (Å²) in [6.07, 6.45) is 0. The molecule has 108 valence electrons. The fraction of sp³-hybridized carbons (Fsp3) is 0.643. The number of nitrogens with two attached hydrogens (primary N) is 1. The Hall–Kier alpha value is -1.17. The highest BCUT2D eigenvalue weighted by Gasteiger charge is 2.16. The summed E-state index contributed by atoms with van der Waals surface area (Å²) < 4.78 is 10.4. The van der Waals surface area contributed by atoms with Crippen molar-refractivity contribution in [2.45, 2.75) is 26.4 Å². The minimum atomic E-state index is 0.236. The summed E-state index contributed by atoms with van der Waals surface area (Å²) in [5, 5.41) is 0. The molecule has 0 aliphatic heterocycles. The first-order valence-corrected chi connectivity index (χ1v) is 6.54. The molecule has 0 saturated carbocycles. The van der Waals surface area contributed by atoms with Gasteiger partial charge in [-0.25, -0.2) is 4.98 Å². The van der Waals surface area contributed by atoms with Crippen LogP contribution in [0.15, 0.2) is 12.1 Å². The first kappa shape index (κ1) is 15.9. The van der Waals surface area contributed by atoms with E-state index in [-0.39, 0.29) is 6.04 Å². The van der Waals surface area contributed by atoms with Gasteiger partial charge in [-0.3, -0.25) is 0 Å². The topological polar surface area (TPSA) is 60.6 Å². The molecule has 0 bridgehead atoms. The second kappa shape index (κ2) is 8.09. The summed E-state index contributed by atoms with van der Waals surface area (Å²) in [6, 6.07) is 4.29. The number of aromatic nitrogens is 1. The van der Waals surface area contributed by atoms with Gasteiger partial charge in [0.25, 0.3) is 0 Å². The Balaban J connectivity index is 2.97. The molecule has 0 aliphatic carbocycles. The lowest BCUT2D eigenvalue weighted by molar-refractivity contribution is 0.170. The van der Waals surface area contributed by atoms with E-state index < -0.39 is 0 Å². The molecule has 1 aromatic heterocycles. The molecule has 1 heterocycles. The smallest absolute Gasteiger partial charge is 0.129 e. The van der Waals surface area contributed by atoms with Gasteiger partial charge >= 0.3 is 0 Å². The van der Waals surface area contributed by atoms with Gasteiger partial charge < -0.3 is 20.1 Å². The number of aryl methyl sites for hydroxylation is 1. The van der Waals surface area contributed by atoms with Gasteiger partial charge in [-0.05, 0) is 31.5 Å². The predicted molar refractivity (Wildman–Crippen MR) is 77.4 cm³/mol. The maximum Gasteiger partial charge on any atom is 0.129 e. The number of pyridine rings is 1. The Kier molecular flexibility index (Phi) is 6.77. The standard InChI is InChI=1S/C14H25N3O2/c1-11-7-13(9-15)8-14(16-11)17(5-6-18-3)12(2)10-19-4/h7-8,12H,5-6,9-10,15H2,1-4H3. The van der Waals surface area contributed by atoms with E-state index in [1.165, 1.54) is 0 Å². The van der Waals surface area contributed by atoms with Crippen molar-refractivity contribution in [1.29, 1.82) is 0 Å². The molecule has 0 aromatic carbocycles. The first-order valence-electron chi connectivity index (χ1n) is 6.54. The summed E-state index contributed by atoms with van der Waals surface area (Å²) in [5.74, 6) is 0.932. The van der Waals surface area contributed by atoms with Crippen molar-refractivity contribution >= 4 is 5.82 Å². The molecular formula is C14H25N3O2. The molecule has 0 fully saturated rings. The average Bonchev–Trinajstić information content (AvgIpc) is 2.39. The maximum absolute atomic E-state index is 5.73. The third-order valence-electron chi connectivity index (χ3n) is 3.01. The van der Waals surface area contributed by atoms with E-state index in [1.54, 1.807) is 14.2 Å². The van der Waals surface area contributed by atoms with Crippen LogP contribution in [-0.4, -0.2) is 45.0 Å². The minimum absolute atomic E-state index is 0.236. The van der Waals surface area contributed by atoms with Crippen molar-refractivity contribution < 1.29 is 9.47 Å². The highest BCUT2D eigenvalue weighted by atomic mass is 16.5. The van der Waals surface area contributed by atoms with Gasteiger partial charge in [-0.2, -0.15) is 0 Å². The van der Waals surface area contributed by atoms with E-state index in [2.05, 4.69) is 16.8 Å². The van der Waals surface area contributed by atoms with Gasteiger partial charge in [-0.15, -0.1) is 0 Å². The summed E-state index contributed by atoms with van der Waals surface area (Å²) in [6.45, 7) is 6.71. The zero-order chi connectivity index (χ0) is 14.3. The van der Waals surface area contributed by atoms with Gasteiger partial charge in [0.1, 0.15) is 5.82 Å². The fourth-order valence-corrected chi connectivity index (χ4v) is 2.07. The number of hydrogen-bond donors (Lipinski definition) is 1. The molecule has 0 spiro atoms. The van der Waals surface area contributed by atoms with Gasteiger partial charge in [0.05, 0.1) is 19.3 Å². The molecule has 0 aliphatic rings. The molecule has 0 saturated heterocycles. The second-order valence-corrected chi connectivity index (χ2v) is 4.67. The van der Waals surface area contributed by atoms with Crippen LogP contribution in [0, 0.1) is 6.92 Å². The van der Waals surface area contributed by atoms with Crippen molar-refractivity contribution in [2.24, 2.45) is 5.73 Å². The Bertz CT molecular complexity index is 385. The highest BCUT2D eigenvalue weighted by Crippen LogP contribution is 2.17. The first-order chi connectivity index (χ1) is 9.12. The normalized spacial score (nSPS) is 12.5. The van der Waals surface area contributed by atoms with Gasteiger partial charge in [0.2, 0.25) is 0 Å². The quantitative estimate of drug-likeness (QED) is 0.770. The molecule has 5 nitrogen and oxygen atoms in total. The number of hydrogen-bond acceptors (Lipinski definition) is 5. The number of methoxy groups -OCH3 is 2. The fourth-order valence-electron chi connectivity index (χ4n) is 2.07. The summed E-state index contributed by atoms with van der Waals surface area (Å²) in [4.78, 5) is 6.79. The second-order valence-electron chi connectivity index (χ2n) is 4.67. The third-order valence-corrected chi connectivity index (χ3v) is 3.01. The zero-order valence-corrected chi connectivity index (χ0v) is 12.3. The van der Waals surface area contributed by atoms with Crippen LogP contribution in [0.3, 0.4) is 0 Å². The lowest BCUT2D eigenvalue weighted by atomic mass is 10.2. The third kappa shape index (κ3) is 4.78. The van der Waals surface area contributed by atoms with Gasteiger partial charge in [0, 0.05) is 33.0 Å². The molecule has 0 amide bonds. The molecule has 1 rings (SSSR count). The van der Waals surface area contributed by atoms with Crippen LogP contribution in [0.5, 0.6) is 0 Å². The molecular weight excluding hydrogens is 242 g/mol. The van der Waals surface area contributed by atoms with Crippen LogP contribution in [0.2, 0.25) is 0 Å². The van der Waals surface area contributed by atoms with E-state index in [0.717, 1.165) is 23.6 Å². The van der Waals surface area contributed by atoms with Crippen molar-refractivity contribution in [3.05, 3.63) is 23.4 Å². The molecule has 19 heavy (non-hydrogen) atoms. The monoisotopic (exact) mass is 267 g/mol. The van der Waals surface area contributed by atoms with Crippen molar-refractivity contribution in [1.82, 2.24) is 4.98 Å². The van der Waals surface area contributed by atoms with E-state index >= 15 is 0 Å². The highest BCUT2D eigenvalue weighted by molar-refractivity contribution is 5.43. The molecule has 1 atom stereocenters. The average molecular weight is 267 g/mol. The lowest BCUT2D eigenvalue weighted by Gasteiger charge is -2.30. The van der Waals surface area contributed by atoms with Crippen molar-refractivity contribution in [3.63, 3.8) is 0 Å². The number of anilines is 1. The van der Waals surface area contributed by atoms with Crippen LogP contribution in [0.1, 0.15) is 18.2 Å². The van der Waals surface area contributed by atoms with Crippen molar-refractivity contribution in [2.75, 3.05) is 38.9 Å². The predicted octanol–water partition coefficient (Wildman–Crippen LogP) is 1.34. The van der Waals surface area contributed by atoms with Gasteiger partial charge in [-0.1, -0.05) is 0 Å². The Labute approximate surface area is 115 Å². The van der Waals surface area contributed by atoms with Crippen LogP contribution in [0.25, 0.3) is 0 Å². The number of rotatable bonds is 8. The Morgan fingerprint density at radius 2 is 2.05 bits per heavy atom. The van der Waals surface area contributed by atoms with Crippen molar-refractivity contribution in [3.8, 4) is 0 Å². The summed E-state index contributed by atoms with van der Waals surface area (Å²) in [7, 11) is 3.41. The van der Waals surface area contributed by atoms with E-state index in [4.69, 9.17) is 15.2 Å². The van der Waals surface area contributed by atoms with E-state index in [1.807, 2.05) is 19.1 Å². The van der Waals surface area contributed by atoms with E-state index in [9.17, 15) is 0 Å². The summed E-state index contributed by atoms with van der Waals surface area (Å²) in [5.41, 5.74) is 7.80. The molecule has 2 N–H and O–H groups in total. The summed E-state index contributed by atoms with van der Waals surface area (Å²) >= 11 is 0. The van der Waals surface area contributed by atoms with Crippen LogP contribution >= 0.6 is 0 Å². The Morgan fingerprint density at radius 1 is 1.32 bits per heavy atom. The molecule has 1 aromatic rings. The van der Waals surface area contributed by atoms with Crippen LogP contribution in [0.4, 0.5) is 5.82 Å². The van der Waals surface area contributed by atoms with E-state index in [0.29, 0.717) is 19.8 Å².